The Labute approximate surface area is 167 Å². The number of hydrogen-bond donors (Lipinski definition) is 1. The van der Waals surface area contributed by atoms with Crippen LogP contribution in [0, 0.1) is 12.7 Å². The van der Waals surface area contributed by atoms with Gasteiger partial charge in [0.05, 0.1) is 13.2 Å². The third-order valence-electron chi connectivity index (χ3n) is 4.28. The van der Waals surface area contributed by atoms with Gasteiger partial charge in [0.25, 0.3) is 0 Å². The molecule has 27 heavy (non-hydrogen) atoms. The third-order valence-corrected chi connectivity index (χ3v) is 7.59. The third kappa shape index (κ3) is 4.17. The predicted octanol–water partition coefficient (Wildman–Crippen LogP) is 2.74. The Hall–Kier alpha value is -1.52. The first-order chi connectivity index (χ1) is 12.4. The van der Waals surface area contributed by atoms with Crippen molar-refractivity contribution in [1.82, 2.24) is 9.62 Å². The molecule has 1 N–H and O–H groups in total. The fourth-order valence-electron chi connectivity index (χ4n) is 3.08. The van der Waals surface area contributed by atoms with E-state index >= 15 is 0 Å². The quantitative estimate of drug-likeness (QED) is 0.749. The van der Waals surface area contributed by atoms with E-state index in [4.69, 9.17) is 4.74 Å². The average molecular weight is 435 g/mol. The molecule has 6 nitrogen and oxygen atoms in total. The topological polar surface area (TPSA) is 75.7 Å². The van der Waals surface area contributed by atoms with Crippen LogP contribution in [0.2, 0.25) is 0 Å². The molecule has 0 saturated carbocycles. The number of carbonyl (C=O) groups excluding carboxylic acids is 1. The van der Waals surface area contributed by atoms with Crippen molar-refractivity contribution in [2.24, 2.45) is 0 Å². The molecule has 0 bridgehead atoms. The highest BCUT2D eigenvalue weighted by Gasteiger charge is 2.38. The first-order valence-corrected chi connectivity index (χ1v) is 10.3. The van der Waals surface area contributed by atoms with Crippen LogP contribution in [0.25, 0.3) is 0 Å². The molecule has 3 rings (SSSR count). The Kier molecular flexibility index (Phi) is 6.98. The van der Waals surface area contributed by atoms with E-state index in [0.29, 0.717) is 24.2 Å². The van der Waals surface area contributed by atoms with Crippen molar-refractivity contribution in [3.8, 4) is 0 Å². The fourth-order valence-corrected chi connectivity index (χ4v) is 6.35. The van der Waals surface area contributed by atoms with Gasteiger partial charge in [0.1, 0.15) is 15.6 Å². The minimum Gasteiger partial charge on any atom is -0.465 e. The normalized spacial score (nSPS) is 18.0. The molecule has 0 aliphatic carbocycles. The average Bonchev–Trinajstić information content (AvgIpc) is 3.03. The zero-order valence-corrected chi connectivity index (χ0v) is 17.2. The van der Waals surface area contributed by atoms with E-state index in [-0.39, 0.29) is 28.7 Å². The number of sulfonamides is 1. The molecule has 1 aromatic heterocycles. The summed E-state index contributed by atoms with van der Waals surface area (Å²) >= 11 is 1.04. The van der Waals surface area contributed by atoms with Crippen LogP contribution < -0.4 is 5.32 Å². The first-order valence-electron chi connectivity index (χ1n) is 8.00. The molecule has 10 heteroatoms. The van der Waals surface area contributed by atoms with E-state index in [1.165, 1.54) is 23.5 Å². The van der Waals surface area contributed by atoms with Crippen molar-refractivity contribution in [3.05, 3.63) is 51.5 Å². The first kappa shape index (κ1) is 21.8. The molecular weight excluding hydrogens is 415 g/mol. The van der Waals surface area contributed by atoms with Crippen molar-refractivity contribution in [3.63, 3.8) is 0 Å². The van der Waals surface area contributed by atoms with Crippen molar-refractivity contribution >= 4 is 39.7 Å². The zero-order chi connectivity index (χ0) is 18.9. The summed E-state index contributed by atoms with van der Waals surface area (Å²) in [7, 11) is -2.75. The van der Waals surface area contributed by atoms with Gasteiger partial charge in [-0.15, -0.1) is 23.7 Å². The van der Waals surface area contributed by atoms with Crippen LogP contribution >= 0.6 is 23.7 Å². The highest BCUT2D eigenvalue weighted by atomic mass is 35.5. The number of carbonyl (C=O) groups is 1. The summed E-state index contributed by atoms with van der Waals surface area (Å²) in [6.45, 7) is 2.70. The van der Waals surface area contributed by atoms with E-state index in [1.807, 2.05) is 0 Å². The maximum Gasteiger partial charge on any atom is 0.349 e. The lowest BCUT2D eigenvalue weighted by molar-refractivity contribution is 0.0602. The number of nitrogens with one attached hydrogen (secondary N) is 1. The second-order valence-electron chi connectivity index (χ2n) is 5.96. The van der Waals surface area contributed by atoms with Gasteiger partial charge >= 0.3 is 5.97 Å². The highest BCUT2D eigenvalue weighted by Crippen LogP contribution is 2.35. The summed E-state index contributed by atoms with van der Waals surface area (Å²) in [5.41, 5.74) is 1.06. The van der Waals surface area contributed by atoms with Gasteiger partial charge in [-0.1, -0.05) is 12.1 Å². The van der Waals surface area contributed by atoms with Crippen LogP contribution in [0.1, 0.15) is 26.8 Å². The number of benzene rings is 1. The van der Waals surface area contributed by atoms with Crippen LogP contribution in [0.15, 0.2) is 34.5 Å². The van der Waals surface area contributed by atoms with Crippen molar-refractivity contribution in [2.45, 2.75) is 17.9 Å². The van der Waals surface area contributed by atoms with Crippen molar-refractivity contribution < 1.29 is 22.3 Å². The van der Waals surface area contributed by atoms with Gasteiger partial charge in [0, 0.05) is 19.6 Å². The van der Waals surface area contributed by atoms with Crippen LogP contribution in [-0.2, 0) is 14.8 Å². The molecule has 1 saturated heterocycles. The number of methoxy groups -OCH3 is 1. The van der Waals surface area contributed by atoms with E-state index in [0.717, 1.165) is 11.3 Å². The minimum atomic E-state index is -3.96. The fraction of sp³-hybridized carbons (Fsp3) is 0.353. The monoisotopic (exact) mass is 434 g/mol. The Morgan fingerprint density at radius 3 is 2.81 bits per heavy atom. The molecule has 0 amide bonds. The summed E-state index contributed by atoms with van der Waals surface area (Å²) in [6, 6.07) is 5.35. The predicted molar refractivity (Wildman–Crippen MR) is 104 cm³/mol. The van der Waals surface area contributed by atoms with Gasteiger partial charge < -0.3 is 10.1 Å². The lowest BCUT2D eigenvalue weighted by Gasteiger charge is -2.35. The Morgan fingerprint density at radius 1 is 1.41 bits per heavy atom. The lowest BCUT2D eigenvalue weighted by Crippen LogP contribution is -2.48. The van der Waals surface area contributed by atoms with Gasteiger partial charge in [-0.2, -0.15) is 4.31 Å². The number of aryl methyl sites for hydroxylation is 1. The largest absolute Gasteiger partial charge is 0.465 e. The number of esters is 1. The highest BCUT2D eigenvalue weighted by molar-refractivity contribution is 7.89. The summed E-state index contributed by atoms with van der Waals surface area (Å²) in [5.74, 6) is -1.11. The smallest absolute Gasteiger partial charge is 0.349 e. The van der Waals surface area contributed by atoms with Crippen LogP contribution in [-0.4, -0.2) is 45.4 Å². The lowest BCUT2D eigenvalue weighted by atomic mass is 10.1. The molecule has 1 fully saturated rings. The van der Waals surface area contributed by atoms with E-state index in [2.05, 4.69) is 5.32 Å². The molecule has 1 aromatic carbocycles. The van der Waals surface area contributed by atoms with Gasteiger partial charge in [-0.3, -0.25) is 0 Å². The molecule has 1 aliphatic heterocycles. The number of nitrogens with zero attached hydrogens (tertiary/aromatic N) is 1. The van der Waals surface area contributed by atoms with Crippen LogP contribution in [0.4, 0.5) is 4.39 Å². The second kappa shape index (κ2) is 8.66. The number of halogens is 2. The molecule has 1 atom stereocenters. The SMILES string of the molecule is COC(=O)c1scc(C)c1S(=O)(=O)N1CCNCC1c1cccc(F)c1.Cl. The Morgan fingerprint density at radius 2 is 2.15 bits per heavy atom. The number of hydrogen-bond acceptors (Lipinski definition) is 6. The summed E-state index contributed by atoms with van der Waals surface area (Å²) in [6.07, 6.45) is 0. The van der Waals surface area contributed by atoms with Crippen molar-refractivity contribution in [1.29, 1.82) is 0 Å². The van der Waals surface area contributed by atoms with Crippen LogP contribution in [0.5, 0.6) is 0 Å². The maximum atomic E-state index is 13.7. The maximum absolute atomic E-state index is 13.7. The molecule has 2 heterocycles. The summed E-state index contributed by atoms with van der Waals surface area (Å²) in [5, 5.41) is 4.77. The number of piperazine rings is 1. The second-order valence-corrected chi connectivity index (χ2v) is 8.67. The molecule has 0 radical (unpaired) electrons. The molecular formula is C17H20ClFN2O4S2. The Bertz CT molecular complexity index is 933. The van der Waals surface area contributed by atoms with Gasteiger partial charge in [-0.25, -0.2) is 17.6 Å². The van der Waals surface area contributed by atoms with Gasteiger partial charge in [-0.05, 0) is 35.6 Å². The van der Waals surface area contributed by atoms with E-state index < -0.39 is 27.9 Å². The number of ether oxygens (including phenoxy) is 1. The molecule has 148 valence electrons. The van der Waals surface area contributed by atoms with E-state index in [9.17, 15) is 17.6 Å². The minimum absolute atomic E-state index is 0. The summed E-state index contributed by atoms with van der Waals surface area (Å²) in [4.78, 5) is 12.0. The van der Waals surface area contributed by atoms with Crippen LogP contribution in [0.3, 0.4) is 0 Å². The van der Waals surface area contributed by atoms with Crippen molar-refractivity contribution in [2.75, 3.05) is 26.7 Å². The molecule has 0 spiro atoms. The number of rotatable bonds is 4. The molecule has 2 aromatic rings. The molecule has 1 unspecified atom stereocenters. The van der Waals surface area contributed by atoms with E-state index in [1.54, 1.807) is 24.4 Å². The zero-order valence-electron chi connectivity index (χ0n) is 14.8. The Balaban J connectivity index is 0.00000261. The molecule has 1 aliphatic rings. The van der Waals surface area contributed by atoms with Gasteiger partial charge in [0.2, 0.25) is 10.0 Å². The number of thiophene rings is 1. The summed E-state index contributed by atoms with van der Waals surface area (Å²) < 4.78 is 46.5. The van der Waals surface area contributed by atoms with Gasteiger partial charge in [0.15, 0.2) is 0 Å². The standard InChI is InChI=1S/C17H19FN2O4S2.ClH/c1-11-10-25-15(17(21)24-2)16(11)26(22,23)20-7-6-19-9-14(20)12-4-3-5-13(18)8-12;/h3-5,8,10,14,19H,6-7,9H2,1-2H3;1H.